The van der Waals surface area contributed by atoms with Gasteiger partial charge in [0.25, 0.3) is 5.69 Å². The van der Waals surface area contributed by atoms with Crippen LogP contribution in [0.3, 0.4) is 0 Å². The van der Waals surface area contributed by atoms with Gasteiger partial charge in [-0.15, -0.1) is 0 Å². The highest BCUT2D eigenvalue weighted by Gasteiger charge is 2.26. The second-order valence-electron chi connectivity index (χ2n) is 6.96. The highest BCUT2D eigenvalue weighted by molar-refractivity contribution is 5.96. The van der Waals surface area contributed by atoms with Gasteiger partial charge in [-0.05, 0) is 42.7 Å². The van der Waals surface area contributed by atoms with Gasteiger partial charge < -0.3 is 10.6 Å². The Labute approximate surface area is 166 Å². The van der Waals surface area contributed by atoms with Crippen molar-refractivity contribution < 1.29 is 14.5 Å². The molecule has 8 nitrogen and oxygen atoms in total. The molecule has 0 spiro atoms. The number of rotatable bonds is 5. The summed E-state index contributed by atoms with van der Waals surface area (Å²) in [7, 11) is 0. The van der Waals surface area contributed by atoms with Crippen molar-refractivity contribution in [3.8, 4) is 0 Å². The number of nitrogens with zero attached hydrogens (tertiary/aromatic N) is 2. The minimum atomic E-state index is -0.463. The number of carbonyl (C=O) groups is 2. The SMILES string of the molecule is O=C(CC[C@@H]1Cc2ccccc2NC1=O)Nc1ccc2cc([N+](=O)[O-])ccc2n1. The molecule has 3 aromatic rings. The molecular weight excluding hydrogens is 372 g/mol. The predicted octanol–water partition coefficient (Wildman–Crippen LogP) is 3.67. The van der Waals surface area contributed by atoms with E-state index in [1.165, 1.54) is 12.1 Å². The monoisotopic (exact) mass is 390 g/mol. The molecule has 0 saturated carbocycles. The van der Waals surface area contributed by atoms with Crippen LogP contribution in [-0.2, 0) is 16.0 Å². The Morgan fingerprint density at radius 2 is 2.03 bits per heavy atom. The number of fused-ring (bicyclic) bond motifs is 2. The largest absolute Gasteiger partial charge is 0.326 e. The molecule has 2 amide bonds. The van der Waals surface area contributed by atoms with E-state index in [1.54, 1.807) is 18.2 Å². The molecule has 0 radical (unpaired) electrons. The van der Waals surface area contributed by atoms with Crippen LogP contribution < -0.4 is 10.6 Å². The standard InChI is InChI=1S/C21H18N4O4/c26-20(10-6-15-11-13-3-1-2-4-17(13)23-21(15)27)24-19-9-5-14-12-16(25(28)29)7-8-18(14)22-19/h1-5,7-9,12,15H,6,10-11H2,(H,23,27)(H,22,24,26)/t15-/m1/s1. The molecule has 1 aromatic heterocycles. The van der Waals surface area contributed by atoms with Crippen LogP contribution in [-0.4, -0.2) is 21.7 Å². The maximum absolute atomic E-state index is 12.3. The Bertz CT molecular complexity index is 1130. The first-order valence-electron chi connectivity index (χ1n) is 9.23. The Morgan fingerprint density at radius 1 is 1.21 bits per heavy atom. The minimum Gasteiger partial charge on any atom is -0.326 e. The number of anilines is 2. The van der Waals surface area contributed by atoms with Gasteiger partial charge in [-0.3, -0.25) is 19.7 Å². The van der Waals surface area contributed by atoms with E-state index in [2.05, 4.69) is 15.6 Å². The van der Waals surface area contributed by atoms with E-state index in [0.717, 1.165) is 11.3 Å². The molecule has 2 aromatic carbocycles. The maximum Gasteiger partial charge on any atom is 0.270 e. The van der Waals surface area contributed by atoms with Crippen LogP contribution in [0.4, 0.5) is 17.2 Å². The molecule has 0 fully saturated rings. The number of carbonyl (C=O) groups excluding carboxylic acids is 2. The van der Waals surface area contributed by atoms with Gasteiger partial charge in [0.1, 0.15) is 5.82 Å². The lowest BCUT2D eigenvalue weighted by Crippen LogP contribution is -2.30. The van der Waals surface area contributed by atoms with E-state index in [0.29, 0.717) is 29.6 Å². The fourth-order valence-electron chi connectivity index (χ4n) is 3.45. The molecule has 4 rings (SSSR count). The highest BCUT2D eigenvalue weighted by atomic mass is 16.6. The molecule has 0 bridgehead atoms. The summed E-state index contributed by atoms with van der Waals surface area (Å²) in [6.45, 7) is 0. The molecule has 0 saturated heterocycles. The predicted molar refractivity (Wildman–Crippen MR) is 109 cm³/mol. The van der Waals surface area contributed by atoms with Gasteiger partial charge in [-0.2, -0.15) is 0 Å². The first-order valence-corrected chi connectivity index (χ1v) is 9.23. The number of nitro groups is 1. The van der Waals surface area contributed by atoms with Gasteiger partial charge in [0.05, 0.1) is 10.4 Å². The van der Waals surface area contributed by atoms with Crippen molar-refractivity contribution in [1.82, 2.24) is 4.98 Å². The summed E-state index contributed by atoms with van der Waals surface area (Å²) in [4.78, 5) is 39.3. The highest BCUT2D eigenvalue weighted by Crippen LogP contribution is 2.27. The van der Waals surface area contributed by atoms with Crippen molar-refractivity contribution in [1.29, 1.82) is 0 Å². The molecule has 2 heterocycles. The number of para-hydroxylation sites is 1. The van der Waals surface area contributed by atoms with Crippen molar-refractivity contribution in [2.75, 3.05) is 10.6 Å². The van der Waals surface area contributed by atoms with Crippen molar-refractivity contribution in [2.24, 2.45) is 5.92 Å². The van der Waals surface area contributed by atoms with Crippen LogP contribution in [0.15, 0.2) is 54.6 Å². The summed E-state index contributed by atoms with van der Waals surface area (Å²) in [5.74, 6) is -0.178. The Morgan fingerprint density at radius 3 is 2.86 bits per heavy atom. The zero-order chi connectivity index (χ0) is 20.4. The minimum absolute atomic E-state index is 0.0107. The van der Waals surface area contributed by atoms with Gasteiger partial charge in [0, 0.05) is 35.5 Å². The van der Waals surface area contributed by atoms with Crippen LogP contribution in [0.2, 0.25) is 0 Å². The van der Waals surface area contributed by atoms with Gasteiger partial charge >= 0.3 is 0 Å². The smallest absolute Gasteiger partial charge is 0.270 e. The van der Waals surface area contributed by atoms with Crippen molar-refractivity contribution in [2.45, 2.75) is 19.3 Å². The van der Waals surface area contributed by atoms with E-state index >= 15 is 0 Å². The summed E-state index contributed by atoms with van der Waals surface area (Å²) in [5.41, 5.74) is 2.45. The topological polar surface area (TPSA) is 114 Å². The molecule has 146 valence electrons. The molecule has 0 aliphatic carbocycles. The summed E-state index contributed by atoms with van der Waals surface area (Å²) in [6, 6.07) is 15.3. The number of hydrogen-bond donors (Lipinski definition) is 2. The van der Waals surface area contributed by atoms with Gasteiger partial charge in [-0.1, -0.05) is 18.2 Å². The maximum atomic E-state index is 12.3. The number of non-ortho nitro benzene ring substituents is 1. The lowest BCUT2D eigenvalue weighted by atomic mass is 9.89. The van der Waals surface area contributed by atoms with Crippen LogP contribution >= 0.6 is 0 Å². The van der Waals surface area contributed by atoms with E-state index in [4.69, 9.17) is 0 Å². The summed E-state index contributed by atoms with van der Waals surface area (Å²) >= 11 is 0. The molecule has 1 aliphatic rings. The second kappa shape index (κ2) is 7.67. The Balaban J connectivity index is 1.38. The number of benzene rings is 2. The van der Waals surface area contributed by atoms with Crippen LogP contribution in [0.5, 0.6) is 0 Å². The van der Waals surface area contributed by atoms with Crippen molar-refractivity contribution >= 4 is 39.9 Å². The first kappa shape index (κ1) is 18.5. The zero-order valence-corrected chi connectivity index (χ0v) is 15.4. The number of nitro benzene ring substituents is 1. The molecule has 2 N–H and O–H groups in total. The fraction of sp³-hybridized carbons (Fsp3) is 0.190. The third-order valence-corrected chi connectivity index (χ3v) is 4.98. The quantitative estimate of drug-likeness (QED) is 0.509. The number of hydrogen-bond acceptors (Lipinski definition) is 5. The lowest BCUT2D eigenvalue weighted by Gasteiger charge is -2.24. The van der Waals surface area contributed by atoms with Crippen LogP contribution in [0.25, 0.3) is 10.9 Å². The van der Waals surface area contributed by atoms with Gasteiger partial charge in [-0.25, -0.2) is 4.98 Å². The average Bonchev–Trinajstić information content (AvgIpc) is 2.71. The zero-order valence-electron chi connectivity index (χ0n) is 15.4. The fourth-order valence-corrected chi connectivity index (χ4v) is 3.45. The third-order valence-electron chi connectivity index (χ3n) is 4.98. The van der Waals surface area contributed by atoms with Crippen molar-refractivity contribution in [3.63, 3.8) is 0 Å². The van der Waals surface area contributed by atoms with Crippen LogP contribution in [0.1, 0.15) is 18.4 Å². The van der Waals surface area contributed by atoms with Gasteiger partial charge in [0.2, 0.25) is 11.8 Å². The van der Waals surface area contributed by atoms with Crippen LogP contribution in [0, 0.1) is 16.0 Å². The second-order valence-corrected chi connectivity index (χ2v) is 6.96. The normalized spacial score (nSPS) is 15.4. The Hall–Kier alpha value is -3.81. The number of aromatic nitrogens is 1. The first-order chi connectivity index (χ1) is 14.0. The Kier molecular flexibility index (Phi) is 4.90. The number of nitrogens with one attached hydrogen (secondary N) is 2. The van der Waals surface area contributed by atoms with E-state index in [-0.39, 0.29) is 29.8 Å². The van der Waals surface area contributed by atoms with Gasteiger partial charge in [0.15, 0.2) is 0 Å². The lowest BCUT2D eigenvalue weighted by molar-refractivity contribution is -0.384. The molecule has 1 atom stereocenters. The molecular formula is C21H18N4O4. The third kappa shape index (κ3) is 4.06. The molecule has 1 aliphatic heterocycles. The van der Waals surface area contributed by atoms with E-state index < -0.39 is 4.92 Å². The molecule has 29 heavy (non-hydrogen) atoms. The number of amides is 2. The van der Waals surface area contributed by atoms with Crippen molar-refractivity contribution in [3.05, 3.63) is 70.3 Å². The summed E-state index contributed by atoms with van der Waals surface area (Å²) in [5, 5.41) is 17.1. The van der Waals surface area contributed by atoms with E-state index in [9.17, 15) is 19.7 Å². The summed E-state index contributed by atoms with van der Waals surface area (Å²) < 4.78 is 0. The van der Waals surface area contributed by atoms with E-state index in [1.807, 2.05) is 24.3 Å². The molecule has 0 unspecified atom stereocenters. The average molecular weight is 390 g/mol. The number of pyridine rings is 1. The summed E-state index contributed by atoms with van der Waals surface area (Å²) in [6.07, 6.45) is 1.24. The molecule has 8 heteroatoms.